The Morgan fingerprint density at radius 3 is 2.69 bits per heavy atom. The first-order valence-electron chi connectivity index (χ1n) is 15.9. The summed E-state index contributed by atoms with van der Waals surface area (Å²) in [7, 11) is 2.12. The van der Waals surface area contributed by atoms with Crippen molar-refractivity contribution in [3.63, 3.8) is 0 Å². The minimum absolute atomic E-state index is 0.186. The topological polar surface area (TPSA) is 98.1 Å². The van der Waals surface area contributed by atoms with E-state index in [-0.39, 0.29) is 18.3 Å². The van der Waals surface area contributed by atoms with Crippen molar-refractivity contribution in [1.29, 1.82) is 5.26 Å². The van der Waals surface area contributed by atoms with Crippen LogP contribution in [0.2, 0.25) is 0 Å². The fourth-order valence-electron chi connectivity index (χ4n) is 6.67. The van der Waals surface area contributed by atoms with Crippen LogP contribution >= 0.6 is 0 Å². The average Bonchev–Trinajstić information content (AvgIpc) is 3.42. The van der Waals surface area contributed by atoms with E-state index in [0.717, 1.165) is 52.9 Å². The largest absolute Gasteiger partial charge is 0.462 e. The summed E-state index contributed by atoms with van der Waals surface area (Å²) in [5.41, 5.74) is 2.26. The fourth-order valence-corrected chi connectivity index (χ4v) is 6.67. The Morgan fingerprint density at radius 2 is 1.93 bits per heavy atom. The van der Waals surface area contributed by atoms with Gasteiger partial charge in [-0.2, -0.15) is 15.2 Å². The van der Waals surface area contributed by atoms with E-state index in [4.69, 9.17) is 19.4 Å². The standard InChI is InChI=1S/C34H42FN7O3/c1-34(2,3)45-33(43)42-18-17-41(20-25(42)12-14-36)31-27-13-16-40(30-9-5-7-23-10-11-24(35)19-28(23)30)21-29(27)37-32(38-31)44-22-26-8-6-15-39(26)4/h5,7,9-11,19,25-26H,6,8,12-13,15-18,20-22H2,1-4H3/t25?,26-/m0/s1. The number of carbonyl (C=O) groups excluding carboxylic acids is 1. The molecule has 1 unspecified atom stereocenters. The molecule has 3 aliphatic rings. The maximum atomic E-state index is 14.3. The van der Waals surface area contributed by atoms with Crippen LogP contribution in [0, 0.1) is 17.1 Å². The highest BCUT2D eigenvalue weighted by atomic mass is 19.1. The number of hydrogen-bond acceptors (Lipinski definition) is 9. The molecule has 0 radical (unpaired) electrons. The number of aromatic nitrogens is 2. The molecule has 45 heavy (non-hydrogen) atoms. The number of likely N-dealkylation sites (tertiary alicyclic amines) is 1. The lowest BCUT2D eigenvalue weighted by molar-refractivity contribution is 0.0144. The van der Waals surface area contributed by atoms with Gasteiger partial charge in [0.15, 0.2) is 0 Å². The number of nitrogens with zero attached hydrogens (tertiary/aromatic N) is 7. The van der Waals surface area contributed by atoms with E-state index < -0.39 is 11.7 Å². The first-order chi connectivity index (χ1) is 21.6. The normalized spacial score (nSPS) is 20.7. The van der Waals surface area contributed by atoms with Crippen molar-refractivity contribution in [3.8, 4) is 12.1 Å². The summed E-state index contributed by atoms with van der Waals surface area (Å²) in [5, 5.41) is 11.5. The molecule has 6 rings (SSSR count). The maximum Gasteiger partial charge on any atom is 0.410 e. The van der Waals surface area contributed by atoms with Gasteiger partial charge in [-0.15, -0.1) is 0 Å². The molecule has 0 N–H and O–H groups in total. The number of halogens is 1. The number of ether oxygens (including phenoxy) is 2. The number of piperazine rings is 1. The van der Waals surface area contributed by atoms with Crippen molar-refractivity contribution in [2.75, 3.05) is 56.2 Å². The Kier molecular flexibility index (Phi) is 8.69. The third-order valence-corrected chi connectivity index (χ3v) is 9.00. The lowest BCUT2D eigenvalue weighted by Crippen LogP contribution is -2.56. The molecule has 0 saturated carbocycles. The maximum absolute atomic E-state index is 14.3. The van der Waals surface area contributed by atoms with E-state index in [1.165, 1.54) is 6.07 Å². The molecular formula is C34H42FN7O3. The van der Waals surface area contributed by atoms with Gasteiger partial charge in [0, 0.05) is 48.9 Å². The van der Waals surface area contributed by atoms with Crippen LogP contribution in [0.3, 0.4) is 0 Å². The highest BCUT2D eigenvalue weighted by Gasteiger charge is 2.36. The van der Waals surface area contributed by atoms with E-state index in [0.29, 0.717) is 57.8 Å². The van der Waals surface area contributed by atoms with Gasteiger partial charge >= 0.3 is 12.1 Å². The molecule has 3 aromatic rings. The predicted molar refractivity (Wildman–Crippen MR) is 171 cm³/mol. The first-order valence-corrected chi connectivity index (χ1v) is 15.9. The highest BCUT2D eigenvalue weighted by molar-refractivity contribution is 5.94. The quantitative estimate of drug-likeness (QED) is 0.373. The number of amides is 1. The van der Waals surface area contributed by atoms with Gasteiger partial charge in [0.05, 0.1) is 30.8 Å². The molecule has 1 amide bonds. The number of carbonyl (C=O) groups is 1. The molecule has 10 nitrogen and oxygen atoms in total. The summed E-state index contributed by atoms with van der Waals surface area (Å²) in [6, 6.07) is 13.5. The molecule has 3 aliphatic heterocycles. The SMILES string of the molecule is CN1CCC[C@H]1COc1nc2c(c(N3CCN(C(=O)OC(C)(C)C)C(CC#N)C3)n1)CCN(c1cccc3ccc(F)cc13)C2. The molecule has 1 aromatic heterocycles. The molecule has 238 valence electrons. The van der Waals surface area contributed by atoms with Crippen LogP contribution in [0.4, 0.5) is 20.7 Å². The average molecular weight is 616 g/mol. The van der Waals surface area contributed by atoms with Gasteiger partial charge in [-0.05, 0) is 77.2 Å². The number of anilines is 2. The van der Waals surface area contributed by atoms with Gasteiger partial charge in [0.2, 0.25) is 0 Å². The molecule has 4 heterocycles. The van der Waals surface area contributed by atoms with Crippen LogP contribution in [0.25, 0.3) is 10.8 Å². The zero-order valence-corrected chi connectivity index (χ0v) is 26.6. The van der Waals surface area contributed by atoms with Gasteiger partial charge in [0.1, 0.15) is 23.8 Å². The van der Waals surface area contributed by atoms with Crippen molar-refractivity contribution in [1.82, 2.24) is 19.8 Å². The van der Waals surface area contributed by atoms with E-state index in [1.54, 1.807) is 11.0 Å². The summed E-state index contributed by atoms with van der Waals surface area (Å²) >= 11 is 0. The molecule has 0 aliphatic carbocycles. The van der Waals surface area contributed by atoms with E-state index in [1.807, 2.05) is 45.0 Å². The first kappa shape index (κ1) is 30.8. The second-order valence-corrected chi connectivity index (χ2v) is 13.3. The van der Waals surface area contributed by atoms with E-state index in [9.17, 15) is 14.4 Å². The molecule has 2 aromatic carbocycles. The summed E-state index contributed by atoms with van der Waals surface area (Å²) in [6.45, 7) is 9.73. The van der Waals surface area contributed by atoms with Gasteiger partial charge in [-0.25, -0.2) is 9.18 Å². The van der Waals surface area contributed by atoms with Crippen LogP contribution < -0.4 is 14.5 Å². The predicted octanol–water partition coefficient (Wildman–Crippen LogP) is 5.14. The van der Waals surface area contributed by atoms with Crippen molar-refractivity contribution >= 4 is 28.4 Å². The Morgan fingerprint density at radius 1 is 1.09 bits per heavy atom. The number of rotatable bonds is 6. The van der Waals surface area contributed by atoms with Crippen molar-refractivity contribution in [2.45, 2.75) is 70.7 Å². The fraction of sp³-hybridized carbons (Fsp3) is 0.529. The van der Waals surface area contributed by atoms with Crippen LogP contribution in [0.15, 0.2) is 36.4 Å². The lowest BCUT2D eigenvalue weighted by Gasteiger charge is -2.42. The van der Waals surface area contributed by atoms with Crippen LogP contribution in [0.1, 0.15) is 51.3 Å². The Balaban J connectivity index is 1.31. The Bertz CT molecular complexity index is 1600. The third-order valence-electron chi connectivity index (χ3n) is 9.00. The summed E-state index contributed by atoms with van der Waals surface area (Å²) in [5.74, 6) is 0.534. The number of likely N-dealkylation sites (N-methyl/N-ethyl adjacent to an activating group) is 1. The van der Waals surface area contributed by atoms with Gasteiger partial charge in [-0.3, -0.25) is 0 Å². The zero-order chi connectivity index (χ0) is 31.7. The molecule has 2 fully saturated rings. The molecule has 11 heteroatoms. The molecule has 0 bridgehead atoms. The smallest absolute Gasteiger partial charge is 0.410 e. The number of benzene rings is 2. The van der Waals surface area contributed by atoms with Crippen molar-refractivity contribution in [2.24, 2.45) is 0 Å². The Labute approximate surface area is 264 Å². The lowest BCUT2D eigenvalue weighted by atomic mass is 10.0. The summed E-state index contributed by atoms with van der Waals surface area (Å²) in [4.78, 5) is 31.3. The second-order valence-electron chi connectivity index (χ2n) is 13.3. The van der Waals surface area contributed by atoms with Gasteiger partial charge < -0.3 is 29.1 Å². The van der Waals surface area contributed by atoms with Crippen molar-refractivity contribution < 1.29 is 18.7 Å². The molecule has 2 atom stereocenters. The number of hydrogen-bond donors (Lipinski definition) is 0. The Hall–Kier alpha value is -4.17. The summed E-state index contributed by atoms with van der Waals surface area (Å²) < 4.78 is 26.2. The number of fused-ring (bicyclic) bond motifs is 2. The van der Waals surface area contributed by atoms with E-state index >= 15 is 0 Å². The number of nitriles is 1. The minimum Gasteiger partial charge on any atom is -0.462 e. The van der Waals surface area contributed by atoms with E-state index in [2.05, 4.69) is 27.8 Å². The molecule has 0 spiro atoms. The molecular weight excluding hydrogens is 573 g/mol. The van der Waals surface area contributed by atoms with Gasteiger partial charge in [0.25, 0.3) is 0 Å². The second kappa shape index (κ2) is 12.7. The highest BCUT2D eigenvalue weighted by Crippen LogP contribution is 2.35. The minimum atomic E-state index is -0.627. The monoisotopic (exact) mass is 615 g/mol. The van der Waals surface area contributed by atoms with Crippen LogP contribution in [0.5, 0.6) is 6.01 Å². The van der Waals surface area contributed by atoms with Crippen molar-refractivity contribution in [3.05, 3.63) is 53.5 Å². The third kappa shape index (κ3) is 6.76. The van der Waals surface area contributed by atoms with Gasteiger partial charge in [-0.1, -0.05) is 18.2 Å². The van der Waals surface area contributed by atoms with Crippen LogP contribution in [-0.2, 0) is 17.7 Å². The van der Waals surface area contributed by atoms with Crippen LogP contribution in [-0.4, -0.2) is 89.9 Å². The zero-order valence-electron chi connectivity index (χ0n) is 26.6. The summed E-state index contributed by atoms with van der Waals surface area (Å²) in [6.07, 6.45) is 2.69. The molecule has 2 saturated heterocycles.